The first-order chi connectivity index (χ1) is 10.7. The summed E-state index contributed by atoms with van der Waals surface area (Å²) in [5.41, 5.74) is 1.61. The van der Waals surface area contributed by atoms with E-state index in [1.54, 1.807) is 18.5 Å². The zero-order valence-electron chi connectivity index (χ0n) is 12.0. The molecule has 0 spiro atoms. The van der Waals surface area contributed by atoms with Crippen molar-refractivity contribution in [2.75, 3.05) is 6.54 Å². The van der Waals surface area contributed by atoms with Crippen molar-refractivity contribution in [3.8, 4) is 0 Å². The van der Waals surface area contributed by atoms with Gasteiger partial charge in [-0.2, -0.15) is 0 Å². The van der Waals surface area contributed by atoms with E-state index in [9.17, 15) is 9.59 Å². The van der Waals surface area contributed by atoms with E-state index in [1.807, 2.05) is 12.1 Å². The molecule has 0 atom stereocenters. The van der Waals surface area contributed by atoms with Crippen LogP contribution in [0, 0.1) is 0 Å². The topological polar surface area (TPSA) is 84.0 Å². The summed E-state index contributed by atoms with van der Waals surface area (Å²) in [6.45, 7) is 4.27. The van der Waals surface area contributed by atoms with Crippen molar-refractivity contribution in [1.82, 2.24) is 20.6 Å². The highest BCUT2D eigenvalue weighted by molar-refractivity contribution is 5.99. The normalized spacial score (nSPS) is 9.82. The van der Waals surface area contributed by atoms with Crippen LogP contribution in [-0.4, -0.2) is 28.3 Å². The van der Waals surface area contributed by atoms with Gasteiger partial charge in [-0.15, -0.1) is 6.58 Å². The van der Waals surface area contributed by atoms with Crippen LogP contribution in [0.25, 0.3) is 0 Å². The van der Waals surface area contributed by atoms with Crippen LogP contribution in [0.2, 0.25) is 0 Å². The molecule has 0 aromatic carbocycles. The highest BCUT2D eigenvalue weighted by atomic mass is 16.2. The molecular weight excluding hydrogens is 280 g/mol. The van der Waals surface area contributed by atoms with Gasteiger partial charge in [-0.3, -0.25) is 19.6 Å². The lowest BCUT2D eigenvalue weighted by atomic mass is 10.2. The molecule has 0 saturated heterocycles. The van der Waals surface area contributed by atoms with Crippen LogP contribution < -0.4 is 10.6 Å². The lowest BCUT2D eigenvalue weighted by Gasteiger charge is -2.07. The van der Waals surface area contributed by atoms with Crippen LogP contribution in [0.1, 0.15) is 26.3 Å². The maximum absolute atomic E-state index is 12.1. The maximum Gasteiger partial charge on any atom is 0.253 e. The highest BCUT2D eigenvalue weighted by Crippen LogP contribution is 2.04. The SMILES string of the molecule is C=CCNC(=O)c1cncc(C(=O)NCc2ccncc2)c1. The van der Waals surface area contributed by atoms with Crippen molar-refractivity contribution >= 4 is 11.8 Å². The monoisotopic (exact) mass is 296 g/mol. The predicted molar refractivity (Wildman–Crippen MR) is 82.2 cm³/mol. The Balaban J connectivity index is 2.00. The molecule has 2 aromatic heterocycles. The summed E-state index contributed by atoms with van der Waals surface area (Å²) in [6, 6.07) is 5.14. The van der Waals surface area contributed by atoms with Gasteiger partial charge in [-0.25, -0.2) is 0 Å². The minimum absolute atomic E-state index is 0.289. The van der Waals surface area contributed by atoms with Crippen LogP contribution in [0.15, 0.2) is 55.6 Å². The van der Waals surface area contributed by atoms with Crippen LogP contribution in [0.3, 0.4) is 0 Å². The smallest absolute Gasteiger partial charge is 0.253 e. The summed E-state index contributed by atoms with van der Waals surface area (Å²) in [5, 5.41) is 5.41. The van der Waals surface area contributed by atoms with Crippen molar-refractivity contribution in [2.24, 2.45) is 0 Å². The Morgan fingerprint density at radius 3 is 2.32 bits per heavy atom. The zero-order valence-corrected chi connectivity index (χ0v) is 12.0. The molecule has 2 aromatic rings. The molecule has 0 aliphatic heterocycles. The van der Waals surface area contributed by atoms with E-state index in [2.05, 4.69) is 27.2 Å². The number of carbonyl (C=O) groups excluding carboxylic acids is 2. The van der Waals surface area contributed by atoms with E-state index in [1.165, 1.54) is 18.5 Å². The molecule has 2 heterocycles. The van der Waals surface area contributed by atoms with E-state index in [4.69, 9.17) is 0 Å². The number of hydrogen-bond donors (Lipinski definition) is 2. The average molecular weight is 296 g/mol. The largest absolute Gasteiger partial charge is 0.349 e. The molecule has 0 bridgehead atoms. The second-order valence-electron chi connectivity index (χ2n) is 4.50. The Hall–Kier alpha value is -3.02. The second kappa shape index (κ2) is 7.68. The number of carbonyl (C=O) groups is 2. The van der Waals surface area contributed by atoms with Gasteiger partial charge in [0.1, 0.15) is 0 Å². The van der Waals surface area contributed by atoms with E-state index < -0.39 is 0 Å². The highest BCUT2D eigenvalue weighted by Gasteiger charge is 2.10. The van der Waals surface area contributed by atoms with Gasteiger partial charge in [0.25, 0.3) is 11.8 Å². The summed E-state index contributed by atoms with van der Waals surface area (Å²) in [4.78, 5) is 31.8. The minimum atomic E-state index is -0.295. The molecular formula is C16H16N4O2. The first-order valence-electron chi connectivity index (χ1n) is 6.72. The molecule has 0 saturated carbocycles. The van der Waals surface area contributed by atoms with Crippen molar-refractivity contribution in [1.29, 1.82) is 0 Å². The number of aromatic nitrogens is 2. The van der Waals surface area contributed by atoms with Gasteiger partial charge in [0.05, 0.1) is 11.1 Å². The third-order valence-electron chi connectivity index (χ3n) is 2.87. The van der Waals surface area contributed by atoms with E-state index >= 15 is 0 Å². The van der Waals surface area contributed by atoms with E-state index in [-0.39, 0.29) is 11.8 Å². The van der Waals surface area contributed by atoms with Gasteiger partial charge in [0.2, 0.25) is 0 Å². The number of amides is 2. The standard InChI is InChI=1S/C16H16N4O2/c1-2-5-19-15(21)13-8-14(11-18-10-13)16(22)20-9-12-3-6-17-7-4-12/h2-4,6-8,10-11H,1,5,9H2,(H,19,21)(H,20,22). The summed E-state index contributed by atoms with van der Waals surface area (Å²) < 4.78 is 0. The van der Waals surface area contributed by atoms with Gasteiger partial charge in [-0.1, -0.05) is 6.08 Å². The van der Waals surface area contributed by atoms with Gasteiger partial charge >= 0.3 is 0 Å². The molecule has 6 heteroatoms. The third-order valence-corrected chi connectivity index (χ3v) is 2.87. The van der Waals surface area contributed by atoms with Crippen LogP contribution >= 0.6 is 0 Å². The lowest BCUT2D eigenvalue weighted by molar-refractivity contribution is 0.0950. The summed E-state index contributed by atoms with van der Waals surface area (Å²) in [6.07, 6.45) is 7.74. The molecule has 0 radical (unpaired) electrons. The average Bonchev–Trinajstić information content (AvgIpc) is 2.58. The Morgan fingerprint density at radius 2 is 1.68 bits per heavy atom. The predicted octanol–water partition coefficient (Wildman–Crippen LogP) is 1.32. The number of hydrogen-bond acceptors (Lipinski definition) is 4. The molecule has 112 valence electrons. The fraction of sp³-hybridized carbons (Fsp3) is 0.125. The molecule has 0 fully saturated rings. The van der Waals surface area contributed by atoms with Gasteiger partial charge < -0.3 is 10.6 Å². The van der Waals surface area contributed by atoms with Gasteiger partial charge in [0.15, 0.2) is 0 Å². The fourth-order valence-corrected chi connectivity index (χ4v) is 1.74. The molecule has 0 unspecified atom stereocenters. The molecule has 22 heavy (non-hydrogen) atoms. The Morgan fingerprint density at radius 1 is 1.05 bits per heavy atom. The van der Waals surface area contributed by atoms with Crippen molar-refractivity contribution in [3.63, 3.8) is 0 Å². The number of pyridine rings is 2. The lowest BCUT2D eigenvalue weighted by Crippen LogP contribution is -2.26. The first kappa shape index (κ1) is 15.4. The second-order valence-corrected chi connectivity index (χ2v) is 4.50. The van der Waals surface area contributed by atoms with Crippen molar-refractivity contribution in [2.45, 2.75) is 6.54 Å². The maximum atomic E-state index is 12.1. The molecule has 0 aliphatic rings. The Labute approximate surface area is 128 Å². The van der Waals surface area contributed by atoms with E-state index in [0.29, 0.717) is 24.2 Å². The summed E-state index contributed by atoms with van der Waals surface area (Å²) in [5.74, 6) is -0.584. The fourth-order valence-electron chi connectivity index (χ4n) is 1.74. The van der Waals surface area contributed by atoms with Crippen molar-refractivity contribution < 1.29 is 9.59 Å². The number of rotatable bonds is 6. The Bertz CT molecular complexity index is 671. The molecule has 2 N–H and O–H groups in total. The number of nitrogens with zero attached hydrogens (tertiary/aromatic N) is 2. The van der Waals surface area contributed by atoms with Gasteiger partial charge in [-0.05, 0) is 23.8 Å². The Kier molecular flexibility index (Phi) is 5.37. The number of nitrogens with one attached hydrogen (secondary N) is 2. The van der Waals surface area contributed by atoms with Crippen molar-refractivity contribution in [3.05, 3.63) is 72.3 Å². The molecule has 0 aliphatic carbocycles. The molecule has 2 rings (SSSR count). The first-order valence-corrected chi connectivity index (χ1v) is 6.72. The quantitative estimate of drug-likeness (QED) is 0.788. The zero-order chi connectivity index (χ0) is 15.8. The third kappa shape index (κ3) is 4.24. The van der Waals surface area contributed by atoms with Crippen LogP contribution in [0.5, 0.6) is 0 Å². The summed E-state index contributed by atoms with van der Waals surface area (Å²) >= 11 is 0. The van der Waals surface area contributed by atoms with Crippen LogP contribution in [-0.2, 0) is 6.54 Å². The van der Waals surface area contributed by atoms with Crippen LogP contribution in [0.4, 0.5) is 0 Å². The van der Waals surface area contributed by atoms with E-state index in [0.717, 1.165) is 5.56 Å². The molecule has 2 amide bonds. The summed E-state index contributed by atoms with van der Waals surface area (Å²) in [7, 11) is 0. The molecule has 6 nitrogen and oxygen atoms in total. The van der Waals surface area contributed by atoms with Gasteiger partial charge in [0, 0.05) is 37.9 Å². The minimum Gasteiger partial charge on any atom is -0.349 e.